The van der Waals surface area contributed by atoms with Gasteiger partial charge in [-0.05, 0) is 53.7 Å². The Hall–Kier alpha value is -2.70. The van der Waals surface area contributed by atoms with E-state index in [9.17, 15) is 9.59 Å². The predicted octanol–water partition coefficient (Wildman–Crippen LogP) is 3.76. The first-order chi connectivity index (χ1) is 12.6. The molecule has 1 aromatic heterocycles. The highest BCUT2D eigenvalue weighted by Crippen LogP contribution is 2.26. The van der Waals surface area contributed by atoms with Crippen LogP contribution in [0.4, 0.5) is 5.69 Å². The average molecular weight is 368 g/mol. The zero-order chi connectivity index (χ0) is 18.5. The quantitative estimate of drug-likeness (QED) is 0.673. The lowest BCUT2D eigenvalue weighted by atomic mass is 10.1. The van der Waals surface area contributed by atoms with Gasteiger partial charge in [0.1, 0.15) is 0 Å². The summed E-state index contributed by atoms with van der Waals surface area (Å²) < 4.78 is 5.91. The molecule has 134 valence electrons. The number of hydrogen-bond acceptors (Lipinski definition) is 5. The molecule has 5 nitrogen and oxygen atoms in total. The number of ether oxygens (including phenoxy) is 1. The normalized spacial score (nSPS) is 10.9. The molecule has 0 fully saturated rings. The summed E-state index contributed by atoms with van der Waals surface area (Å²) in [6.07, 6.45) is 0. The molecule has 6 heteroatoms. The van der Waals surface area contributed by atoms with Crippen LogP contribution >= 0.6 is 11.3 Å². The number of benzene rings is 2. The predicted molar refractivity (Wildman–Crippen MR) is 105 cm³/mol. The van der Waals surface area contributed by atoms with E-state index in [-0.39, 0.29) is 12.5 Å². The summed E-state index contributed by atoms with van der Waals surface area (Å²) in [6, 6.07) is 14.9. The van der Waals surface area contributed by atoms with Crippen molar-refractivity contribution in [3.63, 3.8) is 0 Å². The molecule has 1 heterocycles. The highest BCUT2D eigenvalue weighted by Gasteiger charge is 2.11. The zero-order valence-electron chi connectivity index (χ0n) is 14.7. The number of esters is 1. The van der Waals surface area contributed by atoms with Crippen LogP contribution in [-0.4, -0.2) is 37.5 Å². The molecule has 3 rings (SSSR count). The minimum absolute atomic E-state index is 0.0992. The Kier molecular flexibility index (Phi) is 5.65. The van der Waals surface area contributed by atoms with Crippen LogP contribution in [0.3, 0.4) is 0 Å². The summed E-state index contributed by atoms with van der Waals surface area (Å²) in [5, 5.41) is 6.23. The summed E-state index contributed by atoms with van der Waals surface area (Å²) in [4.78, 5) is 25.6. The lowest BCUT2D eigenvalue weighted by molar-refractivity contribution is -0.117. The summed E-state index contributed by atoms with van der Waals surface area (Å²) in [5.41, 5.74) is 2.33. The fraction of sp³-hybridized carbons (Fsp3) is 0.200. The number of fused-ring (bicyclic) bond motifs is 1. The van der Waals surface area contributed by atoms with E-state index < -0.39 is 5.97 Å². The molecule has 3 aromatic rings. The molecule has 0 atom stereocenters. The molecule has 0 aliphatic carbocycles. The number of thiophene rings is 1. The maximum atomic E-state index is 12.2. The van der Waals surface area contributed by atoms with Crippen molar-refractivity contribution >= 4 is 39.0 Å². The number of rotatable bonds is 6. The molecule has 1 N–H and O–H groups in total. The Morgan fingerprint density at radius 2 is 1.85 bits per heavy atom. The van der Waals surface area contributed by atoms with E-state index in [2.05, 4.69) is 27.6 Å². The lowest BCUT2D eigenvalue weighted by Crippen LogP contribution is -2.29. The molecule has 2 aromatic carbocycles. The standard InChI is InChI=1S/C20H20N2O3S/c1-22(11-15-13-26-18-6-4-3-5-17(15)18)12-19(23)21-16-9-7-14(8-10-16)20(24)25-2/h3-10,13H,11-12H2,1-2H3,(H,21,23). The van der Waals surface area contributed by atoms with Gasteiger partial charge in [0.05, 0.1) is 19.2 Å². The van der Waals surface area contributed by atoms with Gasteiger partial charge in [-0.2, -0.15) is 0 Å². The summed E-state index contributed by atoms with van der Waals surface area (Å²) >= 11 is 1.72. The maximum Gasteiger partial charge on any atom is 0.337 e. The number of nitrogens with zero attached hydrogens (tertiary/aromatic N) is 1. The maximum absolute atomic E-state index is 12.2. The van der Waals surface area contributed by atoms with E-state index in [0.717, 1.165) is 0 Å². The molecule has 1 amide bonds. The first-order valence-electron chi connectivity index (χ1n) is 8.18. The number of nitrogens with one attached hydrogen (secondary N) is 1. The van der Waals surface area contributed by atoms with Crippen LogP contribution in [0.1, 0.15) is 15.9 Å². The third-order valence-electron chi connectivity index (χ3n) is 4.00. The second kappa shape index (κ2) is 8.12. The van der Waals surface area contributed by atoms with Crippen molar-refractivity contribution in [2.45, 2.75) is 6.54 Å². The van der Waals surface area contributed by atoms with Gasteiger partial charge in [-0.1, -0.05) is 18.2 Å². The van der Waals surface area contributed by atoms with Gasteiger partial charge in [0, 0.05) is 16.9 Å². The van der Waals surface area contributed by atoms with Crippen molar-refractivity contribution in [1.29, 1.82) is 0 Å². The molecule has 0 saturated carbocycles. The Balaban J connectivity index is 1.56. The van der Waals surface area contributed by atoms with Crippen LogP contribution in [0.2, 0.25) is 0 Å². The third-order valence-corrected chi connectivity index (χ3v) is 5.02. The van der Waals surface area contributed by atoms with Gasteiger partial charge in [-0.25, -0.2) is 4.79 Å². The molecule has 0 saturated heterocycles. The molecular weight excluding hydrogens is 348 g/mol. The summed E-state index contributed by atoms with van der Waals surface area (Å²) in [5.74, 6) is -0.497. The van der Waals surface area contributed by atoms with Crippen molar-refractivity contribution in [1.82, 2.24) is 4.90 Å². The van der Waals surface area contributed by atoms with E-state index in [1.54, 1.807) is 35.6 Å². The Morgan fingerprint density at radius 1 is 1.12 bits per heavy atom. The number of carbonyl (C=O) groups is 2. The first kappa shape index (κ1) is 18.1. The third kappa shape index (κ3) is 4.28. The van der Waals surface area contributed by atoms with E-state index in [1.807, 2.05) is 24.1 Å². The van der Waals surface area contributed by atoms with Crippen molar-refractivity contribution in [3.05, 3.63) is 65.0 Å². The second-order valence-corrected chi connectivity index (χ2v) is 6.96. The topological polar surface area (TPSA) is 58.6 Å². The first-order valence-corrected chi connectivity index (χ1v) is 9.06. The van der Waals surface area contributed by atoms with Crippen molar-refractivity contribution in [3.8, 4) is 0 Å². The molecule has 0 radical (unpaired) electrons. The monoisotopic (exact) mass is 368 g/mol. The van der Waals surface area contributed by atoms with Gasteiger partial charge in [-0.3, -0.25) is 9.69 Å². The lowest BCUT2D eigenvalue weighted by Gasteiger charge is -2.16. The average Bonchev–Trinajstić information content (AvgIpc) is 3.04. The molecular formula is C20H20N2O3S. The number of amides is 1. The van der Waals surface area contributed by atoms with Gasteiger partial charge in [0.25, 0.3) is 0 Å². The Bertz CT molecular complexity index is 918. The van der Waals surface area contributed by atoms with Crippen molar-refractivity contribution in [2.75, 3.05) is 26.0 Å². The SMILES string of the molecule is COC(=O)c1ccc(NC(=O)CN(C)Cc2csc3ccccc23)cc1. The smallest absolute Gasteiger partial charge is 0.337 e. The Morgan fingerprint density at radius 3 is 2.58 bits per heavy atom. The number of carbonyl (C=O) groups excluding carboxylic acids is 2. The minimum atomic E-state index is -0.398. The second-order valence-electron chi connectivity index (χ2n) is 6.05. The number of anilines is 1. The summed E-state index contributed by atoms with van der Waals surface area (Å²) in [6.45, 7) is 0.988. The van der Waals surface area contributed by atoms with Gasteiger partial charge < -0.3 is 10.1 Å². The fourth-order valence-electron chi connectivity index (χ4n) is 2.76. The van der Waals surface area contributed by atoms with Crippen molar-refractivity contribution in [2.24, 2.45) is 0 Å². The zero-order valence-corrected chi connectivity index (χ0v) is 15.5. The van der Waals surface area contributed by atoms with Crippen LogP contribution in [0.25, 0.3) is 10.1 Å². The molecule has 0 spiro atoms. The molecule has 26 heavy (non-hydrogen) atoms. The molecule has 0 aliphatic heterocycles. The molecule has 0 bridgehead atoms. The van der Waals surface area contributed by atoms with E-state index >= 15 is 0 Å². The molecule has 0 aliphatic rings. The van der Waals surface area contributed by atoms with E-state index in [1.165, 1.54) is 22.8 Å². The van der Waals surface area contributed by atoms with E-state index in [4.69, 9.17) is 0 Å². The van der Waals surface area contributed by atoms with Crippen LogP contribution in [0.5, 0.6) is 0 Å². The fourth-order valence-corrected chi connectivity index (χ4v) is 3.71. The number of likely N-dealkylation sites (N-methyl/N-ethyl adjacent to an activating group) is 1. The van der Waals surface area contributed by atoms with Gasteiger partial charge in [0.15, 0.2) is 0 Å². The van der Waals surface area contributed by atoms with Crippen LogP contribution in [0, 0.1) is 0 Å². The summed E-state index contributed by atoms with van der Waals surface area (Å²) in [7, 11) is 3.26. The van der Waals surface area contributed by atoms with Gasteiger partial charge in [0.2, 0.25) is 5.91 Å². The van der Waals surface area contributed by atoms with E-state index in [0.29, 0.717) is 17.8 Å². The number of methoxy groups -OCH3 is 1. The highest BCUT2D eigenvalue weighted by atomic mass is 32.1. The van der Waals surface area contributed by atoms with Crippen molar-refractivity contribution < 1.29 is 14.3 Å². The van der Waals surface area contributed by atoms with Crippen LogP contribution in [0.15, 0.2) is 53.9 Å². The number of hydrogen-bond donors (Lipinski definition) is 1. The largest absolute Gasteiger partial charge is 0.465 e. The highest BCUT2D eigenvalue weighted by molar-refractivity contribution is 7.17. The molecule has 0 unspecified atom stereocenters. The van der Waals surface area contributed by atoms with Gasteiger partial charge in [-0.15, -0.1) is 11.3 Å². The van der Waals surface area contributed by atoms with Gasteiger partial charge >= 0.3 is 5.97 Å². The Labute approximate surface area is 156 Å². The van der Waals surface area contributed by atoms with Crippen LogP contribution in [-0.2, 0) is 16.1 Å². The minimum Gasteiger partial charge on any atom is -0.465 e. The van der Waals surface area contributed by atoms with Crippen LogP contribution < -0.4 is 5.32 Å².